The number of likely N-dealkylation sites (tertiary alicyclic amines) is 1. The number of nitrogens with zero attached hydrogens (tertiary/aromatic N) is 1. The second-order valence-corrected chi connectivity index (χ2v) is 7.78. The summed E-state index contributed by atoms with van der Waals surface area (Å²) < 4.78 is 5.48. The number of hydrogen-bond acceptors (Lipinski definition) is 5. The van der Waals surface area contributed by atoms with Crippen molar-refractivity contribution in [1.29, 1.82) is 0 Å². The van der Waals surface area contributed by atoms with Crippen molar-refractivity contribution in [2.45, 2.75) is 58.5 Å². The minimum atomic E-state index is -0.810. The Kier molecular flexibility index (Phi) is 5.42. The van der Waals surface area contributed by atoms with Gasteiger partial charge in [0, 0.05) is 24.9 Å². The van der Waals surface area contributed by atoms with Crippen LogP contribution >= 0.6 is 11.3 Å². The Morgan fingerprint density at radius 1 is 1.12 bits per heavy atom. The number of carbonyl (C=O) groups is 3. The van der Waals surface area contributed by atoms with E-state index in [-0.39, 0.29) is 11.8 Å². The quantitative estimate of drug-likeness (QED) is 0.834. The molecule has 6 nitrogen and oxygen atoms in total. The van der Waals surface area contributed by atoms with Crippen LogP contribution in [-0.2, 0) is 27.2 Å². The average Bonchev–Trinajstić information content (AvgIpc) is 3.20. The van der Waals surface area contributed by atoms with Crippen LogP contribution in [-0.4, -0.2) is 41.9 Å². The lowest BCUT2D eigenvalue weighted by molar-refractivity contribution is -0.138. The standard InChI is InChI=1S/C18H24N2O4S/c1-11(17(22)20-9-5-6-10-20)24-18(23)15-13-7-3-4-8-14(13)25-16(15)19-12(2)21/h11H,3-10H2,1-2H3,(H,19,21)/t11-/m1/s1. The molecule has 0 spiro atoms. The van der Waals surface area contributed by atoms with Crippen molar-refractivity contribution in [3.63, 3.8) is 0 Å². The van der Waals surface area contributed by atoms with Gasteiger partial charge in [-0.25, -0.2) is 4.79 Å². The first kappa shape index (κ1) is 17.9. The summed E-state index contributed by atoms with van der Waals surface area (Å²) in [7, 11) is 0. The lowest BCUT2D eigenvalue weighted by atomic mass is 9.95. The first-order valence-corrected chi connectivity index (χ1v) is 9.71. The van der Waals surface area contributed by atoms with Gasteiger partial charge in [-0.3, -0.25) is 9.59 Å². The molecule has 0 radical (unpaired) electrons. The Balaban J connectivity index is 1.79. The number of esters is 1. The maximum atomic E-state index is 12.8. The number of ether oxygens (including phenoxy) is 1. The first-order valence-electron chi connectivity index (χ1n) is 8.89. The molecule has 1 aromatic rings. The minimum Gasteiger partial charge on any atom is -0.449 e. The Morgan fingerprint density at radius 3 is 2.48 bits per heavy atom. The van der Waals surface area contributed by atoms with Crippen molar-refractivity contribution < 1.29 is 19.1 Å². The molecule has 136 valence electrons. The van der Waals surface area contributed by atoms with Crippen molar-refractivity contribution in [3.8, 4) is 0 Å². The molecule has 1 fully saturated rings. The third-order valence-electron chi connectivity index (χ3n) is 4.71. The van der Waals surface area contributed by atoms with Gasteiger partial charge in [-0.1, -0.05) is 0 Å². The number of carbonyl (C=O) groups excluding carboxylic acids is 3. The fraction of sp³-hybridized carbons (Fsp3) is 0.611. The van der Waals surface area contributed by atoms with Crippen molar-refractivity contribution in [3.05, 3.63) is 16.0 Å². The van der Waals surface area contributed by atoms with E-state index in [2.05, 4.69) is 5.32 Å². The highest BCUT2D eigenvalue weighted by molar-refractivity contribution is 7.17. The predicted octanol–water partition coefficient (Wildman–Crippen LogP) is 2.75. The minimum absolute atomic E-state index is 0.143. The summed E-state index contributed by atoms with van der Waals surface area (Å²) in [4.78, 5) is 39.5. The number of aryl methyl sites for hydroxylation is 1. The van der Waals surface area contributed by atoms with Crippen molar-refractivity contribution >= 4 is 34.1 Å². The number of rotatable bonds is 4. The summed E-state index contributed by atoms with van der Waals surface area (Å²) in [6.45, 7) is 4.50. The van der Waals surface area contributed by atoms with E-state index in [0.29, 0.717) is 10.6 Å². The van der Waals surface area contributed by atoms with Crippen LogP contribution in [0.4, 0.5) is 5.00 Å². The van der Waals surface area contributed by atoms with Gasteiger partial charge in [0.25, 0.3) is 5.91 Å². The molecule has 1 N–H and O–H groups in total. The summed E-state index contributed by atoms with van der Waals surface area (Å²) in [5.41, 5.74) is 1.42. The van der Waals surface area contributed by atoms with Gasteiger partial charge < -0.3 is 15.0 Å². The predicted molar refractivity (Wildman–Crippen MR) is 96.0 cm³/mol. The number of hydrogen-bond donors (Lipinski definition) is 1. The highest BCUT2D eigenvalue weighted by Gasteiger charge is 2.31. The number of anilines is 1. The Bertz CT molecular complexity index is 691. The lowest BCUT2D eigenvalue weighted by Gasteiger charge is -2.21. The van der Waals surface area contributed by atoms with E-state index in [9.17, 15) is 14.4 Å². The molecule has 0 aromatic carbocycles. The summed E-state index contributed by atoms with van der Waals surface area (Å²) in [6, 6.07) is 0. The van der Waals surface area contributed by atoms with E-state index < -0.39 is 12.1 Å². The highest BCUT2D eigenvalue weighted by Crippen LogP contribution is 2.38. The van der Waals surface area contributed by atoms with Gasteiger partial charge >= 0.3 is 5.97 Å². The lowest BCUT2D eigenvalue weighted by Crippen LogP contribution is -2.38. The number of amides is 2. The second kappa shape index (κ2) is 7.56. The van der Waals surface area contributed by atoms with E-state index in [1.807, 2.05) is 0 Å². The van der Waals surface area contributed by atoms with Crippen LogP contribution < -0.4 is 5.32 Å². The summed E-state index contributed by atoms with van der Waals surface area (Å²) in [5.74, 6) is -0.868. The molecule has 2 amide bonds. The molecule has 1 atom stereocenters. The summed E-state index contributed by atoms with van der Waals surface area (Å²) >= 11 is 1.45. The van der Waals surface area contributed by atoms with E-state index in [1.54, 1.807) is 11.8 Å². The van der Waals surface area contributed by atoms with Gasteiger partial charge in [-0.15, -0.1) is 11.3 Å². The number of thiophene rings is 1. The smallest absolute Gasteiger partial charge is 0.342 e. The molecule has 0 unspecified atom stereocenters. The van der Waals surface area contributed by atoms with Crippen LogP contribution in [0.25, 0.3) is 0 Å². The van der Waals surface area contributed by atoms with Gasteiger partial charge in [-0.05, 0) is 51.0 Å². The van der Waals surface area contributed by atoms with E-state index in [0.717, 1.165) is 62.1 Å². The molecule has 3 rings (SSSR count). The van der Waals surface area contributed by atoms with Crippen LogP contribution in [0.3, 0.4) is 0 Å². The first-order chi connectivity index (χ1) is 12.0. The summed E-state index contributed by atoms with van der Waals surface area (Å²) in [5, 5.41) is 3.30. The van der Waals surface area contributed by atoms with Gasteiger partial charge in [0.15, 0.2) is 6.10 Å². The molecule has 7 heteroatoms. The van der Waals surface area contributed by atoms with Gasteiger partial charge in [0.1, 0.15) is 5.00 Å². The fourth-order valence-corrected chi connectivity index (χ4v) is 4.82. The molecule has 0 bridgehead atoms. The van der Waals surface area contributed by atoms with Crippen LogP contribution in [0.5, 0.6) is 0 Å². The fourth-order valence-electron chi connectivity index (χ4n) is 3.49. The molecule has 25 heavy (non-hydrogen) atoms. The van der Waals surface area contributed by atoms with Gasteiger partial charge in [0.05, 0.1) is 5.56 Å². The molecule has 0 saturated carbocycles. The second-order valence-electron chi connectivity index (χ2n) is 6.68. The van der Waals surface area contributed by atoms with Crippen LogP contribution in [0.2, 0.25) is 0 Å². The molecule has 2 aliphatic rings. The summed E-state index contributed by atoms with van der Waals surface area (Å²) in [6.07, 6.45) is 5.02. The molecule has 1 aliphatic heterocycles. The van der Waals surface area contributed by atoms with Crippen LogP contribution in [0, 0.1) is 0 Å². The van der Waals surface area contributed by atoms with E-state index in [4.69, 9.17) is 4.74 Å². The molecule has 1 aliphatic carbocycles. The third-order valence-corrected chi connectivity index (χ3v) is 5.92. The Labute approximate surface area is 151 Å². The molecule has 1 aromatic heterocycles. The van der Waals surface area contributed by atoms with Crippen LogP contribution in [0.1, 0.15) is 60.3 Å². The van der Waals surface area contributed by atoms with Crippen molar-refractivity contribution in [1.82, 2.24) is 4.90 Å². The maximum absolute atomic E-state index is 12.8. The maximum Gasteiger partial charge on any atom is 0.342 e. The zero-order valence-electron chi connectivity index (χ0n) is 14.7. The molecular formula is C18H24N2O4S. The Hall–Kier alpha value is -1.89. The van der Waals surface area contributed by atoms with E-state index in [1.165, 1.54) is 18.3 Å². The largest absolute Gasteiger partial charge is 0.449 e. The van der Waals surface area contributed by atoms with Gasteiger partial charge in [0.2, 0.25) is 5.91 Å². The van der Waals surface area contributed by atoms with Crippen molar-refractivity contribution in [2.24, 2.45) is 0 Å². The van der Waals surface area contributed by atoms with Gasteiger partial charge in [-0.2, -0.15) is 0 Å². The molecular weight excluding hydrogens is 340 g/mol. The Morgan fingerprint density at radius 2 is 1.80 bits per heavy atom. The zero-order chi connectivity index (χ0) is 18.0. The van der Waals surface area contributed by atoms with Crippen LogP contribution in [0.15, 0.2) is 0 Å². The van der Waals surface area contributed by atoms with Crippen molar-refractivity contribution in [2.75, 3.05) is 18.4 Å². The number of fused-ring (bicyclic) bond motifs is 1. The van der Waals surface area contributed by atoms with E-state index >= 15 is 0 Å². The third kappa shape index (κ3) is 3.86. The number of nitrogens with one attached hydrogen (secondary N) is 1. The average molecular weight is 364 g/mol. The monoisotopic (exact) mass is 364 g/mol. The highest BCUT2D eigenvalue weighted by atomic mass is 32.1. The molecule has 1 saturated heterocycles. The molecule has 2 heterocycles. The normalized spacial score (nSPS) is 17.8. The zero-order valence-corrected chi connectivity index (χ0v) is 15.5. The topological polar surface area (TPSA) is 75.7 Å². The SMILES string of the molecule is CC(=O)Nc1sc2c(c1C(=O)O[C@H](C)C(=O)N1CCCC1)CCCC2.